The van der Waals surface area contributed by atoms with E-state index in [0.717, 1.165) is 22.4 Å². The highest BCUT2D eigenvalue weighted by atomic mass is 16.2. The molecule has 0 saturated carbocycles. The number of benzene rings is 1. The number of aryl methyl sites for hydroxylation is 2. The number of fused-ring (bicyclic) bond motifs is 1. The van der Waals surface area contributed by atoms with Crippen molar-refractivity contribution in [2.45, 2.75) is 13.0 Å². The normalized spacial score (nSPS) is 12.7. The number of rotatable bonds is 3. The van der Waals surface area contributed by atoms with Crippen molar-refractivity contribution in [1.29, 1.82) is 0 Å². The van der Waals surface area contributed by atoms with Gasteiger partial charge < -0.3 is 10.3 Å². The van der Waals surface area contributed by atoms with E-state index in [0.29, 0.717) is 0 Å². The van der Waals surface area contributed by atoms with Crippen LogP contribution in [-0.4, -0.2) is 22.5 Å². The third-order valence-corrected chi connectivity index (χ3v) is 3.02. The van der Waals surface area contributed by atoms with E-state index in [1.165, 1.54) is 0 Å². The highest BCUT2D eigenvalue weighted by Crippen LogP contribution is 2.19. The molecule has 0 aliphatic carbocycles. The SMILES string of the molecule is CNNC(=O)C(N)c1ccc2c(c1)nc(C)n2C. The van der Waals surface area contributed by atoms with Gasteiger partial charge in [-0.25, -0.2) is 10.4 Å². The van der Waals surface area contributed by atoms with Gasteiger partial charge in [-0.2, -0.15) is 0 Å². The van der Waals surface area contributed by atoms with E-state index in [-0.39, 0.29) is 5.91 Å². The molecular weight excluding hydrogens is 230 g/mol. The zero-order valence-corrected chi connectivity index (χ0v) is 10.7. The van der Waals surface area contributed by atoms with Crippen molar-refractivity contribution in [3.8, 4) is 0 Å². The second-order valence-electron chi connectivity index (χ2n) is 4.18. The molecule has 0 saturated heterocycles. The van der Waals surface area contributed by atoms with E-state index in [9.17, 15) is 4.79 Å². The lowest BCUT2D eigenvalue weighted by molar-refractivity contribution is -0.123. The fourth-order valence-electron chi connectivity index (χ4n) is 1.88. The summed E-state index contributed by atoms with van der Waals surface area (Å²) in [6.45, 7) is 1.94. The van der Waals surface area contributed by atoms with Crippen LogP contribution in [0.5, 0.6) is 0 Å². The van der Waals surface area contributed by atoms with Gasteiger partial charge in [-0.1, -0.05) is 6.07 Å². The fraction of sp³-hybridized carbons (Fsp3) is 0.333. The maximum Gasteiger partial charge on any atom is 0.255 e. The first kappa shape index (κ1) is 12.5. The smallest absolute Gasteiger partial charge is 0.255 e. The molecule has 2 aromatic rings. The Morgan fingerprint density at radius 2 is 2.22 bits per heavy atom. The quantitative estimate of drug-likeness (QED) is 0.673. The third-order valence-electron chi connectivity index (χ3n) is 3.02. The second kappa shape index (κ2) is 4.75. The summed E-state index contributed by atoms with van der Waals surface area (Å²) in [4.78, 5) is 16.0. The number of nitrogens with two attached hydrogens (primary N) is 1. The van der Waals surface area contributed by atoms with Crippen molar-refractivity contribution in [2.75, 3.05) is 7.05 Å². The van der Waals surface area contributed by atoms with Crippen molar-refractivity contribution in [1.82, 2.24) is 20.4 Å². The summed E-state index contributed by atoms with van der Waals surface area (Å²) in [5, 5.41) is 0. The molecule has 1 aromatic carbocycles. The van der Waals surface area contributed by atoms with Crippen molar-refractivity contribution < 1.29 is 4.79 Å². The number of amides is 1. The van der Waals surface area contributed by atoms with E-state index in [1.807, 2.05) is 36.7 Å². The van der Waals surface area contributed by atoms with Gasteiger partial charge in [-0.3, -0.25) is 10.2 Å². The maximum absolute atomic E-state index is 11.6. The molecule has 0 aliphatic heterocycles. The lowest BCUT2D eigenvalue weighted by Crippen LogP contribution is -2.40. The number of hydrogen-bond acceptors (Lipinski definition) is 4. The van der Waals surface area contributed by atoms with Gasteiger partial charge in [-0.15, -0.1) is 0 Å². The van der Waals surface area contributed by atoms with Crippen LogP contribution in [0, 0.1) is 6.92 Å². The molecule has 0 aliphatic rings. The molecule has 2 rings (SSSR count). The van der Waals surface area contributed by atoms with E-state index < -0.39 is 6.04 Å². The van der Waals surface area contributed by atoms with Crippen molar-refractivity contribution in [2.24, 2.45) is 12.8 Å². The Balaban J connectivity index is 2.38. The predicted molar refractivity (Wildman–Crippen MR) is 69.6 cm³/mol. The van der Waals surface area contributed by atoms with Crippen LogP contribution in [0.1, 0.15) is 17.4 Å². The minimum absolute atomic E-state index is 0.274. The molecule has 1 atom stereocenters. The molecule has 1 heterocycles. The number of hydrazine groups is 1. The average molecular weight is 247 g/mol. The van der Waals surface area contributed by atoms with Crippen LogP contribution in [0.3, 0.4) is 0 Å². The maximum atomic E-state index is 11.6. The number of carbonyl (C=O) groups is 1. The molecule has 6 heteroatoms. The van der Waals surface area contributed by atoms with E-state index >= 15 is 0 Å². The molecule has 1 unspecified atom stereocenters. The first-order valence-corrected chi connectivity index (χ1v) is 5.69. The Morgan fingerprint density at radius 3 is 2.89 bits per heavy atom. The van der Waals surface area contributed by atoms with Crippen LogP contribution in [0.15, 0.2) is 18.2 Å². The van der Waals surface area contributed by atoms with Crippen molar-refractivity contribution in [3.63, 3.8) is 0 Å². The van der Waals surface area contributed by atoms with Gasteiger partial charge >= 0.3 is 0 Å². The summed E-state index contributed by atoms with van der Waals surface area (Å²) < 4.78 is 2.00. The first-order valence-electron chi connectivity index (χ1n) is 5.69. The largest absolute Gasteiger partial charge is 0.331 e. The van der Waals surface area contributed by atoms with Crippen LogP contribution in [0.25, 0.3) is 11.0 Å². The standard InChI is InChI=1S/C12H17N5O/c1-7-15-9-6-8(4-5-10(9)17(7)3)11(13)12(18)16-14-2/h4-6,11,14H,13H2,1-3H3,(H,16,18). The number of nitrogens with zero attached hydrogens (tertiary/aromatic N) is 2. The van der Waals surface area contributed by atoms with Gasteiger partial charge in [0.05, 0.1) is 11.0 Å². The van der Waals surface area contributed by atoms with Gasteiger partial charge in [-0.05, 0) is 24.6 Å². The molecule has 1 aromatic heterocycles. The molecule has 0 spiro atoms. The van der Waals surface area contributed by atoms with Crippen molar-refractivity contribution in [3.05, 3.63) is 29.6 Å². The number of hydrogen-bond donors (Lipinski definition) is 3. The zero-order valence-electron chi connectivity index (χ0n) is 10.7. The third kappa shape index (κ3) is 2.07. The lowest BCUT2D eigenvalue weighted by atomic mass is 10.1. The van der Waals surface area contributed by atoms with Crippen LogP contribution in [0.4, 0.5) is 0 Å². The molecule has 1 amide bonds. The van der Waals surface area contributed by atoms with E-state index in [2.05, 4.69) is 15.8 Å². The minimum atomic E-state index is -0.704. The topological polar surface area (TPSA) is 85.0 Å². The van der Waals surface area contributed by atoms with Crippen LogP contribution in [-0.2, 0) is 11.8 Å². The molecular formula is C12H17N5O. The van der Waals surface area contributed by atoms with Crippen LogP contribution in [0.2, 0.25) is 0 Å². The average Bonchev–Trinajstić information content (AvgIpc) is 2.64. The van der Waals surface area contributed by atoms with Gasteiger partial charge in [0.15, 0.2) is 0 Å². The number of aromatic nitrogens is 2. The summed E-state index contributed by atoms with van der Waals surface area (Å²) in [5.74, 6) is 0.653. The molecule has 18 heavy (non-hydrogen) atoms. The Labute approximate surface area is 105 Å². The molecule has 4 N–H and O–H groups in total. The van der Waals surface area contributed by atoms with Gasteiger partial charge in [0, 0.05) is 14.1 Å². The molecule has 96 valence electrons. The first-order chi connectivity index (χ1) is 8.54. The zero-order chi connectivity index (χ0) is 13.3. The number of carbonyl (C=O) groups excluding carboxylic acids is 1. The minimum Gasteiger partial charge on any atom is -0.331 e. The summed E-state index contributed by atoms with van der Waals surface area (Å²) in [7, 11) is 3.58. The van der Waals surface area contributed by atoms with E-state index in [4.69, 9.17) is 5.73 Å². The number of nitrogens with one attached hydrogen (secondary N) is 2. The van der Waals surface area contributed by atoms with E-state index in [1.54, 1.807) is 7.05 Å². The second-order valence-corrected chi connectivity index (χ2v) is 4.18. The molecule has 6 nitrogen and oxygen atoms in total. The predicted octanol–water partition coefficient (Wildman–Crippen LogP) is 0.132. The molecule has 0 fully saturated rings. The van der Waals surface area contributed by atoms with Gasteiger partial charge in [0.1, 0.15) is 11.9 Å². The number of imidazole rings is 1. The van der Waals surface area contributed by atoms with Gasteiger partial charge in [0.2, 0.25) is 0 Å². The summed E-state index contributed by atoms with van der Waals surface area (Å²) in [5.41, 5.74) is 13.5. The Bertz CT molecular complexity index is 589. The molecule has 0 radical (unpaired) electrons. The van der Waals surface area contributed by atoms with Crippen LogP contribution < -0.4 is 16.6 Å². The fourth-order valence-corrected chi connectivity index (χ4v) is 1.88. The Hall–Kier alpha value is -1.92. The van der Waals surface area contributed by atoms with Crippen LogP contribution >= 0.6 is 0 Å². The molecule has 0 bridgehead atoms. The van der Waals surface area contributed by atoms with Gasteiger partial charge in [0.25, 0.3) is 5.91 Å². The summed E-state index contributed by atoms with van der Waals surface area (Å²) in [6, 6.07) is 4.92. The summed E-state index contributed by atoms with van der Waals surface area (Å²) in [6.07, 6.45) is 0. The summed E-state index contributed by atoms with van der Waals surface area (Å²) >= 11 is 0. The Kier molecular flexibility index (Phi) is 3.31. The monoisotopic (exact) mass is 247 g/mol. The van der Waals surface area contributed by atoms with Crippen molar-refractivity contribution >= 4 is 16.9 Å². The Morgan fingerprint density at radius 1 is 1.50 bits per heavy atom. The highest BCUT2D eigenvalue weighted by Gasteiger charge is 2.16. The lowest BCUT2D eigenvalue weighted by Gasteiger charge is -2.11. The highest BCUT2D eigenvalue weighted by molar-refractivity contribution is 5.85.